The van der Waals surface area contributed by atoms with Crippen LogP contribution in [0.25, 0.3) is 0 Å². The minimum Gasteiger partial charge on any atom is -0.444 e. The van der Waals surface area contributed by atoms with Gasteiger partial charge in [-0.25, -0.2) is 4.98 Å². The normalized spacial score (nSPS) is 20.3. The summed E-state index contributed by atoms with van der Waals surface area (Å²) in [7, 11) is 1.86. The number of hydrogen-bond donors (Lipinski definition) is 2. The summed E-state index contributed by atoms with van der Waals surface area (Å²) in [5.41, 5.74) is 1.00. The van der Waals surface area contributed by atoms with Crippen LogP contribution < -0.4 is 10.6 Å². The molecule has 2 N–H and O–H groups in total. The van der Waals surface area contributed by atoms with Gasteiger partial charge >= 0.3 is 0 Å². The standard InChI is InChI=1S/C24H43N5O2/c1-5-30-22(21-8-6-7-9-21)10-13-26-24(25-4)27-16-20-11-14-29(15-12-20)17-23-28-18(2)19(3)31-23/h20-22H,5-17H2,1-4H3,(H2,25,26,27). The second-order valence-corrected chi connectivity index (χ2v) is 9.18. The molecule has 7 nitrogen and oxygen atoms in total. The fourth-order valence-corrected chi connectivity index (χ4v) is 4.94. The summed E-state index contributed by atoms with van der Waals surface area (Å²) in [4.78, 5) is 11.4. The van der Waals surface area contributed by atoms with Crippen molar-refractivity contribution in [3.8, 4) is 0 Å². The van der Waals surface area contributed by atoms with Crippen LogP contribution in [0.5, 0.6) is 0 Å². The fourth-order valence-electron chi connectivity index (χ4n) is 4.94. The SMILES string of the molecule is CCOC(CCNC(=NC)NCC1CCN(Cc2nc(C)c(C)o2)CC1)C1CCCC1. The predicted molar refractivity (Wildman–Crippen MR) is 125 cm³/mol. The largest absolute Gasteiger partial charge is 0.444 e. The quantitative estimate of drug-likeness (QED) is 0.433. The van der Waals surface area contributed by atoms with Gasteiger partial charge in [0.15, 0.2) is 5.96 Å². The molecule has 176 valence electrons. The van der Waals surface area contributed by atoms with Crippen molar-refractivity contribution in [3.05, 3.63) is 17.3 Å². The van der Waals surface area contributed by atoms with Gasteiger partial charge in [0.05, 0.1) is 18.3 Å². The van der Waals surface area contributed by atoms with Gasteiger partial charge in [0.25, 0.3) is 0 Å². The van der Waals surface area contributed by atoms with E-state index < -0.39 is 0 Å². The van der Waals surface area contributed by atoms with E-state index in [1.54, 1.807) is 0 Å². The number of aromatic nitrogens is 1. The van der Waals surface area contributed by atoms with Crippen LogP contribution in [0.3, 0.4) is 0 Å². The topological polar surface area (TPSA) is 74.9 Å². The molecule has 1 aromatic rings. The molecule has 0 bridgehead atoms. The Morgan fingerprint density at radius 3 is 2.55 bits per heavy atom. The van der Waals surface area contributed by atoms with Crippen molar-refractivity contribution in [1.29, 1.82) is 0 Å². The van der Waals surface area contributed by atoms with E-state index in [9.17, 15) is 0 Å². The molecule has 0 spiro atoms. The molecule has 31 heavy (non-hydrogen) atoms. The summed E-state index contributed by atoms with van der Waals surface area (Å²) in [5.74, 6) is 4.11. The number of aliphatic imine (C=N–C) groups is 1. The van der Waals surface area contributed by atoms with E-state index in [0.717, 1.165) is 75.0 Å². The molecule has 0 amide bonds. The van der Waals surface area contributed by atoms with Gasteiger partial charge in [0.1, 0.15) is 5.76 Å². The predicted octanol–water partition coefficient (Wildman–Crippen LogP) is 3.65. The van der Waals surface area contributed by atoms with Crippen molar-refractivity contribution in [3.63, 3.8) is 0 Å². The molecule has 1 saturated carbocycles. The first-order valence-corrected chi connectivity index (χ1v) is 12.3. The second-order valence-electron chi connectivity index (χ2n) is 9.18. The first-order valence-electron chi connectivity index (χ1n) is 12.3. The van der Waals surface area contributed by atoms with E-state index in [-0.39, 0.29) is 0 Å². The number of nitrogens with zero attached hydrogens (tertiary/aromatic N) is 3. The van der Waals surface area contributed by atoms with Crippen molar-refractivity contribution < 1.29 is 9.15 Å². The third kappa shape index (κ3) is 7.49. The van der Waals surface area contributed by atoms with Gasteiger partial charge in [0, 0.05) is 26.7 Å². The number of guanidine groups is 1. The number of likely N-dealkylation sites (tertiary alicyclic amines) is 1. The summed E-state index contributed by atoms with van der Waals surface area (Å²) in [6.45, 7) is 11.8. The molecule has 2 fully saturated rings. The van der Waals surface area contributed by atoms with Gasteiger partial charge in [-0.2, -0.15) is 0 Å². The number of oxazole rings is 1. The number of hydrogen-bond acceptors (Lipinski definition) is 5. The van der Waals surface area contributed by atoms with Crippen molar-refractivity contribution >= 4 is 5.96 Å². The Morgan fingerprint density at radius 2 is 1.94 bits per heavy atom. The lowest BCUT2D eigenvalue weighted by molar-refractivity contribution is 0.0169. The molecule has 1 aliphatic heterocycles. The minimum atomic E-state index is 0.388. The van der Waals surface area contributed by atoms with Gasteiger partial charge < -0.3 is 19.8 Å². The van der Waals surface area contributed by atoms with Crippen molar-refractivity contribution in [2.24, 2.45) is 16.8 Å². The number of ether oxygens (including phenoxy) is 1. The van der Waals surface area contributed by atoms with Crippen LogP contribution >= 0.6 is 0 Å². The Balaban J connectivity index is 1.32. The molecule has 2 heterocycles. The first kappa shape index (κ1) is 24.1. The summed E-state index contributed by atoms with van der Waals surface area (Å²) in [6.07, 6.45) is 9.20. The maximum Gasteiger partial charge on any atom is 0.208 e. The van der Waals surface area contributed by atoms with Crippen LogP contribution in [0, 0.1) is 25.7 Å². The van der Waals surface area contributed by atoms with E-state index >= 15 is 0 Å². The third-order valence-electron chi connectivity index (χ3n) is 6.95. The Labute approximate surface area is 188 Å². The van der Waals surface area contributed by atoms with Gasteiger partial charge in [-0.1, -0.05) is 12.8 Å². The molecule has 7 heteroatoms. The average molecular weight is 434 g/mol. The molecule has 2 aliphatic rings. The van der Waals surface area contributed by atoms with Crippen LogP contribution in [-0.2, 0) is 11.3 Å². The average Bonchev–Trinajstić information content (AvgIpc) is 3.41. The lowest BCUT2D eigenvalue weighted by Crippen LogP contribution is -2.43. The highest BCUT2D eigenvalue weighted by Crippen LogP contribution is 2.30. The van der Waals surface area contributed by atoms with Gasteiger partial charge in [-0.3, -0.25) is 9.89 Å². The fraction of sp³-hybridized carbons (Fsp3) is 0.833. The zero-order chi connectivity index (χ0) is 22.1. The van der Waals surface area contributed by atoms with Crippen LogP contribution in [-0.4, -0.2) is 61.8 Å². The third-order valence-corrected chi connectivity index (χ3v) is 6.95. The number of aryl methyl sites for hydroxylation is 2. The maximum atomic E-state index is 6.04. The van der Waals surface area contributed by atoms with Gasteiger partial charge in [-0.15, -0.1) is 0 Å². The van der Waals surface area contributed by atoms with Crippen LogP contribution in [0.4, 0.5) is 0 Å². The molecule has 0 aromatic carbocycles. The summed E-state index contributed by atoms with van der Waals surface area (Å²) in [5, 5.41) is 7.04. The second kappa shape index (κ2) is 12.4. The molecule has 1 unspecified atom stereocenters. The molecule has 1 saturated heterocycles. The highest BCUT2D eigenvalue weighted by atomic mass is 16.5. The number of nitrogens with one attached hydrogen (secondary N) is 2. The Bertz CT molecular complexity index is 656. The van der Waals surface area contributed by atoms with E-state index in [1.807, 2.05) is 20.9 Å². The van der Waals surface area contributed by atoms with Crippen LogP contribution in [0.1, 0.15) is 69.2 Å². The molecular weight excluding hydrogens is 390 g/mol. The molecule has 1 aliphatic carbocycles. The van der Waals surface area contributed by atoms with Crippen molar-refractivity contribution in [2.45, 2.75) is 78.4 Å². The molecule has 1 aromatic heterocycles. The zero-order valence-corrected chi connectivity index (χ0v) is 20.1. The summed E-state index contributed by atoms with van der Waals surface area (Å²) < 4.78 is 11.8. The highest BCUT2D eigenvalue weighted by molar-refractivity contribution is 5.79. The Kier molecular flexibility index (Phi) is 9.65. The van der Waals surface area contributed by atoms with Gasteiger partial charge in [-0.05, 0) is 77.8 Å². The van der Waals surface area contributed by atoms with E-state index in [1.165, 1.54) is 38.5 Å². The van der Waals surface area contributed by atoms with E-state index in [0.29, 0.717) is 12.0 Å². The smallest absolute Gasteiger partial charge is 0.208 e. The van der Waals surface area contributed by atoms with Crippen LogP contribution in [0.2, 0.25) is 0 Å². The molecule has 1 atom stereocenters. The van der Waals surface area contributed by atoms with E-state index in [4.69, 9.17) is 9.15 Å². The van der Waals surface area contributed by atoms with E-state index in [2.05, 4.69) is 32.4 Å². The first-order chi connectivity index (χ1) is 15.1. The summed E-state index contributed by atoms with van der Waals surface area (Å²) >= 11 is 0. The molecule has 0 radical (unpaired) electrons. The van der Waals surface area contributed by atoms with Crippen LogP contribution in [0.15, 0.2) is 9.41 Å². The lowest BCUT2D eigenvalue weighted by atomic mass is 9.97. The molecular formula is C24H43N5O2. The maximum absolute atomic E-state index is 6.04. The number of rotatable bonds is 10. The van der Waals surface area contributed by atoms with Crippen molar-refractivity contribution in [2.75, 3.05) is 39.8 Å². The van der Waals surface area contributed by atoms with Gasteiger partial charge in [0.2, 0.25) is 5.89 Å². The summed E-state index contributed by atoms with van der Waals surface area (Å²) in [6, 6.07) is 0. The Hall–Kier alpha value is -1.60. The number of piperidine rings is 1. The molecule has 3 rings (SSSR count). The minimum absolute atomic E-state index is 0.388. The van der Waals surface area contributed by atoms with Crippen molar-refractivity contribution in [1.82, 2.24) is 20.5 Å². The highest BCUT2D eigenvalue weighted by Gasteiger charge is 2.25. The monoisotopic (exact) mass is 433 g/mol. The zero-order valence-electron chi connectivity index (χ0n) is 20.1. The lowest BCUT2D eigenvalue weighted by Gasteiger charge is -2.31. The Morgan fingerprint density at radius 1 is 1.19 bits per heavy atom.